The fraction of sp³-hybridized carbons (Fsp3) is 0.636. The van der Waals surface area contributed by atoms with Crippen molar-refractivity contribution in [3.63, 3.8) is 0 Å². The van der Waals surface area contributed by atoms with Crippen LogP contribution in [0.4, 0.5) is 17.3 Å². The molecule has 8 nitrogen and oxygen atoms in total. The molecular formula is C11H19N5O3. The second-order valence-electron chi connectivity index (χ2n) is 4.25. The lowest BCUT2D eigenvalue weighted by molar-refractivity contribution is -0.383. The van der Waals surface area contributed by atoms with Gasteiger partial charge in [-0.3, -0.25) is 10.1 Å². The van der Waals surface area contributed by atoms with Crippen molar-refractivity contribution in [3.8, 4) is 0 Å². The summed E-state index contributed by atoms with van der Waals surface area (Å²) in [6, 6.07) is 0.0226. The van der Waals surface area contributed by atoms with E-state index in [0.29, 0.717) is 6.54 Å². The Hall–Kier alpha value is -1.96. The first-order valence-electron chi connectivity index (χ1n) is 6.13. The van der Waals surface area contributed by atoms with Crippen molar-refractivity contribution in [2.45, 2.75) is 26.8 Å². The lowest BCUT2D eigenvalue weighted by Gasteiger charge is -2.21. The molecule has 0 atom stereocenters. The van der Waals surface area contributed by atoms with Gasteiger partial charge in [0.2, 0.25) is 11.6 Å². The Bertz CT molecular complexity index is 438. The Balaban J connectivity index is 3.26. The third kappa shape index (κ3) is 3.75. The number of rotatable bonds is 7. The number of hydrogen-bond donors (Lipinski definition) is 2. The van der Waals surface area contributed by atoms with Crippen molar-refractivity contribution in [1.29, 1.82) is 0 Å². The Kier molecular flexibility index (Phi) is 5.43. The Labute approximate surface area is 111 Å². The first-order valence-corrected chi connectivity index (χ1v) is 6.13. The van der Waals surface area contributed by atoms with E-state index in [1.807, 2.05) is 20.8 Å². The number of nitro groups is 1. The highest BCUT2D eigenvalue weighted by atomic mass is 16.6. The maximum absolute atomic E-state index is 11.2. The maximum atomic E-state index is 11.2. The molecule has 1 heterocycles. The van der Waals surface area contributed by atoms with Crippen molar-refractivity contribution in [1.82, 2.24) is 9.97 Å². The molecule has 0 saturated carbocycles. The predicted octanol–water partition coefficient (Wildman–Crippen LogP) is 1.02. The molecule has 0 aliphatic heterocycles. The van der Waals surface area contributed by atoms with Crippen LogP contribution in [0.15, 0.2) is 6.33 Å². The summed E-state index contributed by atoms with van der Waals surface area (Å²) in [6.07, 6.45) is 1.28. The lowest BCUT2D eigenvalue weighted by atomic mass is 10.3. The Morgan fingerprint density at radius 2 is 2.21 bits per heavy atom. The summed E-state index contributed by atoms with van der Waals surface area (Å²) in [5, 5.41) is 23.2. The van der Waals surface area contributed by atoms with Gasteiger partial charge in [0.05, 0.1) is 11.5 Å². The van der Waals surface area contributed by atoms with Gasteiger partial charge in [-0.2, -0.15) is 0 Å². The molecule has 1 rings (SSSR count). The number of likely N-dealkylation sites (N-methyl/N-ethyl adjacent to an activating group) is 1. The molecule has 0 amide bonds. The normalized spacial score (nSPS) is 10.6. The fourth-order valence-electron chi connectivity index (χ4n) is 1.68. The highest BCUT2D eigenvalue weighted by Gasteiger charge is 2.26. The van der Waals surface area contributed by atoms with Crippen LogP contribution in [0.1, 0.15) is 20.8 Å². The monoisotopic (exact) mass is 269 g/mol. The average Bonchev–Trinajstić information content (AvgIpc) is 2.34. The summed E-state index contributed by atoms with van der Waals surface area (Å²) >= 11 is 0. The van der Waals surface area contributed by atoms with Crippen LogP contribution in [0.2, 0.25) is 0 Å². The van der Waals surface area contributed by atoms with Crippen molar-refractivity contribution >= 4 is 17.3 Å². The van der Waals surface area contributed by atoms with Gasteiger partial charge in [0.15, 0.2) is 0 Å². The number of aliphatic hydroxyl groups excluding tert-OH is 1. The Morgan fingerprint density at radius 3 is 2.68 bits per heavy atom. The van der Waals surface area contributed by atoms with Crippen LogP contribution in [0.25, 0.3) is 0 Å². The van der Waals surface area contributed by atoms with E-state index >= 15 is 0 Å². The molecule has 8 heteroatoms. The van der Waals surface area contributed by atoms with E-state index in [-0.39, 0.29) is 36.5 Å². The molecule has 0 saturated heterocycles. The third-order valence-electron chi connectivity index (χ3n) is 2.46. The molecule has 0 aliphatic rings. The van der Waals surface area contributed by atoms with Crippen molar-refractivity contribution in [2.24, 2.45) is 0 Å². The first-order chi connectivity index (χ1) is 9.01. The molecule has 0 spiro atoms. The summed E-state index contributed by atoms with van der Waals surface area (Å²) in [5.41, 5.74) is -0.161. The van der Waals surface area contributed by atoms with Gasteiger partial charge in [-0.05, 0) is 20.8 Å². The first kappa shape index (κ1) is 15.1. The van der Waals surface area contributed by atoms with Gasteiger partial charge in [-0.25, -0.2) is 9.97 Å². The summed E-state index contributed by atoms with van der Waals surface area (Å²) in [4.78, 5) is 20.3. The quantitative estimate of drug-likeness (QED) is 0.562. The molecule has 106 valence electrons. The van der Waals surface area contributed by atoms with E-state index < -0.39 is 4.92 Å². The van der Waals surface area contributed by atoms with E-state index in [2.05, 4.69) is 15.3 Å². The van der Waals surface area contributed by atoms with E-state index in [0.717, 1.165) is 0 Å². The third-order valence-corrected chi connectivity index (χ3v) is 2.46. The van der Waals surface area contributed by atoms with Gasteiger partial charge in [0.25, 0.3) is 0 Å². The lowest BCUT2D eigenvalue weighted by Crippen LogP contribution is -2.28. The van der Waals surface area contributed by atoms with E-state index in [1.165, 1.54) is 6.33 Å². The van der Waals surface area contributed by atoms with E-state index in [1.54, 1.807) is 4.90 Å². The average molecular weight is 269 g/mol. The summed E-state index contributed by atoms with van der Waals surface area (Å²) in [7, 11) is 0. The second-order valence-corrected chi connectivity index (χ2v) is 4.25. The van der Waals surface area contributed by atoms with E-state index in [4.69, 9.17) is 5.11 Å². The topological polar surface area (TPSA) is 104 Å². The Morgan fingerprint density at radius 1 is 1.53 bits per heavy atom. The van der Waals surface area contributed by atoms with Gasteiger partial charge in [0.1, 0.15) is 6.33 Å². The molecule has 0 unspecified atom stereocenters. The van der Waals surface area contributed by atoms with Crippen LogP contribution in [0.5, 0.6) is 0 Å². The minimum Gasteiger partial charge on any atom is -0.395 e. The van der Waals surface area contributed by atoms with Gasteiger partial charge < -0.3 is 15.3 Å². The van der Waals surface area contributed by atoms with Crippen LogP contribution in [-0.2, 0) is 0 Å². The number of anilines is 2. The maximum Gasteiger partial charge on any atom is 0.353 e. The highest BCUT2D eigenvalue weighted by Crippen LogP contribution is 2.31. The van der Waals surface area contributed by atoms with Crippen molar-refractivity contribution < 1.29 is 10.0 Å². The van der Waals surface area contributed by atoms with E-state index in [9.17, 15) is 10.1 Å². The molecule has 2 N–H and O–H groups in total. The number of aliphatic hydroxyl groups is 1. The minimum atomic E-state index is -0.500. The summed E-state index contributed by atoms with van der Waals surface area (Å²) < 4.78 is 0. The van der Waals surface area contributed by atoms with Crippen LogP contribution in [-0.4, -0.2) is 45.7 Å². The zero-order valence-corrected chi connectivity index (χ0v) is 11.3. The van der Waals surface area contributed by atoms with Gasteiger partial charge in [-0.15, -0.1) is 0 Å². The molecule has 0 aliphatic carbocycles. The molecule has 0 fully saturated rings. The number of nitrogens with zero attached hydrogens (tertiary/aromatic N) is 4. The molecule has 0 bridgehead atoms. The smallest absolute Gasteiger partial charge is 0.353 e. The van der Waals surface area contributed by atoms with Crippen LogP contribution >= 0.6 is 0 Å². The predicted molar refractivity (Wildman–Crippen MR) is 72.4 cm³/mol. The van der Waals surface area contributed by atoms with Gasteiger partial charge in [0, 0.05) is 19.1 Å². The van der Waals surface area contributed by atoms with Gasteiger partial charge >= 0.3 is 5.69 Å². The van der Waals surface area contributed by atoms with Crippen LogP contribution in [0, 0.1) is 10.1 Å². The van der Waals surface area contributed by atoms with Gasteiger partial charge in [-0.1, -0.05) is 0 Å². The molecule has 1 aromatic heterocycles. The zero-order valence-electron chi connectivity index (χ0n) is 11.3. The van der Waals surface area contributed by atoms with Crippen molar-refractivity contribution in [2.75, 3.05) is 29.9 Å². The molecular weight excluding hydrogens is 250 g/mol. The minimum absolute atomic E-state index is 0.0226. The number of hydrogen-bond acceptors (Lipinski definition) is 7. The highest BCUT2D eigenvalue weighted by molar-refractivity contribution is 5.70. The standard InChI is InChI=1S/C11H19N5O3/c1-4-15(5-6-17)11-9(16(18)19)10(12-7-13-11)14-8(2)3/h7-8,17H,4-6H2,1-3H3,(H,12,13,14). The molecule has 0 radical (unpaired) electrons. The number of aromatic nitrogens is 2. The molecule has 19 heavy (non-hydrogen) atoms. The molecule has 0 aromatic carbocycles. The SMILES string of the molecule is CCN(CCO)c1ncnc(NC(C)C)c1[N+](=O)[O-]. The second kappa shape index (κ2) is 6.83. The number of nitrogens with one attached hydrogen (secondary N) is 1. The zero-order chi connectivity index (χ0) is 14.4. The van der Waals surface area contributed by atoms with Crippen molar-refractivity contribution in [3.05, 3.63) is 16.4 Å². The fourth-order valence-corrected chi connectivity index (χ4v) is 1.68. The van der Waals surface area contributed by atoms with Crippen LogP contribution < -0.4 is 10.2 Å². The summed E-state index contributed by atoms with van der Waals surface area (Å²) in [6.45, 7) is 6.29. The summed E-state index contributed by atoms with van der Waals surface area (Å²) in [5.74, 6) is 0.418. The van der Waals surface area contributed by atoms with Crippen LogP contribution in [0.3, 0.4) is 0 Å². The molecule has 1 aromatic rings. The largest absolute Gasteiger partial charge is 0.395 e.